The Morgan fingerprint density at radius 3 is 2.80 bits per heavy atom. The highest BCUT2D eigenvalue weighted by Crippen LogP contribution is 2.23. The van der Waals surface area contributed by atoms with Crippen LogP contribution < -0.4 is 4.74 Å². The summed E-state index contributed by atoms with van der Waals surface area (Å²) in [5.41, 5.74) is 0. The standard InChI is InChI=1S/C11H6BrClNO/c12-11-5-4-10(7-14-11)15-9-3-1-2-8(13)6-9/h1,3-7H. The number of hydrogen-bond donors (Lipinski definition) is 0. The molecule has 0 unspecified atom stereocenters. The van der Waals surface area contributed by atoms with Gasteiger partial charge in [0.05, 0.1) is 11.2 Å². The fourth-order valence-corrected chi connectivity index (χ4v) is 1.45. The minimum Gasteiger partial charge on any atom is -0.456 e. The van der Waals surface area contributed by atoms with E-state index in [1.165, 1.54) is 0 Å². The summed E-state index contributed by atoms with van der Waals surface area (Å²) in [6, 6.07) is 11.7. The smallest absolute Gasteiger partial charge is 0.145 e. The van der Waals surface area contributed by atoms with Crippen LogP contribution in [0.15, 0.2) is 41.1 Å². The average molecular weight is 284 g/mol. The van der Waals surface area contributed by atoms with E-state index in [1.807, 2.05) is 12.1 Å². The van der Waals surface area contributed by atoms with Gasteiger partial charge in [-0.1, -0.05) is 11.6 Å². The molecule has 75 valence electrons. The second-order valence-electron chi connectivity index (χ2n) is 2.79. The van der Waals surface area contributed by atoms with E-state index < -0.39 is 0 Å². The molecule has 1 aromatic carbocycles. The molecule has 2 nitrogen and oxygen atoms in total. The molecular formula is C11H6BrClNO. The van der Waals surface area contributed by atoms with Gasteiger partial charge >= 0.3 is 0 Å². The highest BCUT2D eigenvalue weighted by molar-refractivity contribution is 9.10. The summed E-state index contributed by atoms with van der Waals surface area (Å²) in [4.78, 5) is 4.05. The van der Waals surface area contributed by atoms with Gasteiger partial charge < -0.3 is 4.74 Å². The van der Waals surface area contributed by atoms with Gasteiger partial charge in [0.15, 0.2) is 0 Å². The van der Waals surface area contributed by atoms with Crippen LogP contribution in [-0.4, -0.2) is 4.98 Å². The van der Waals surface area contributed by atoms with Crippen LogP contribution in [0.3, 0.4) is 0 Å². The molecule has 1 radical (unpaired) electrons. The SMILES string of the molecule is Clc1[c]ccc(Oc2ccc(Br)nc2)c1. The van der Waals surface area contributed by atoms with Crippen molar-refractivity contribution in [3.05, 3.63) is 52.2 Å². The highest BCUT2D eigenvalue weighted by atomic mass is 79.9. The second kappa shape index (κ2) is 4.64. The van der Waals surface area contributed by atoms with Crippen molar-refractivity contribution in [2.24, 2.45) is 0 Å². The summed E-state index contributed by atoms with van der Waals surface area (Å²) < 4.78 is 6.30. The first-order valence-corrected chi connectivity index (χ1v) is 5.38. The number of ether oxygens (including phenoxy) is 1. The second-order valence-corrected chi connectivity index (χ2v) is 4.01. The average Bonchev–Trinajstić information content (AvgIpc) is 2.22. The molecule has 0 saturated heterocycles. The molecule has 1 heterocycles. The molecule has 0 aliphatic carbocycles. The molecule has 0 saturated carbocycles. The Balaban J connectivity index is 2.18. The zero-order valence-corrected chi connectivity index (χ0v) is 9.92. The Labute approximate surface area is 101 Å². The molecule has 2 rings (SSSR count). The van der Waals surface area contributed by atoms with Gasteiger partial charge in [-0.05, 0) is 40.2 Å². The van der Waals surface area contributed by atoms with Crippen LogP contribution in [-0.2, 0) is 0 Å². The number of hydrogen-bond acceptors (Lipinski definition) is 2. The quantitative estimate of drug-likeness (QED) is 0.775. The molecule has 0 amide bonds. The van der Waals surface area contributed by atoms with Gasteiger partial charge in [-0.3, -0.25) is 0 Å². The van der Waals surface area contributed by atoms with Crippen molar-refractivity contribution in [2.75, 3.05) is 0 Å². The number of aromatic nitrogens is 1. The zero-order valence-electron chi connectivity index (χ0n) is 7.58. The fourth-order valence-electron chi connectivity index (χ4n) is 1.04. The molecule has 0 bridgehead atoms. The van der Waals surface area contributed by atoms with E-state index in [1.54, 1.807) is 24.4 Å². The summed E-state index contributed by atoms with van der Waals surface area (Å²) in [7, 11) is 0. The minimum atomic E-state index is 0.526. The maximum Gasteiger partial charge on any atom is 0.145 e. The predicted octanol–water partition coefficient (Wildman–Crippen LogP) is 4.09. The largest absolute Gasteiger partial charge is 0.456 e. The lowest BCUT2D eigenvalue weighted by Crippen LogP contribution is -1.85. The number of halogens is 2. The molecule has 0 N–H and O–H groups in total. The molecule has 0 fully saturated rings. The van der Waals surface area contributed by atoms with Gasteiger partial charge in [0.2, 0.25) is 0 Å². The first-order chi connectivity index (χ1) is 7.24. The van der Waals surface area contributed by atoms with E-state index in [9.17, 15) is 0 Å². The topological polar surface area (TPSA) is 22.1 Å². The normalized spacial score (nSPS) is 10.0. The summed E-state index contributed by atoms with van der Waals surface area (Å²) in [6.07, 6.45) is 1.63. The lowest BCUT2D eigenvalue weighted by molar-refractivity contribution is 0.480. The number of rotatable bonds is 2. The van der Waals surface area contributed by atoms with E-state index in [0.29, 0.717) is 16.5 Å². The lowest BCUT2D eigenvalue weighted by Gasteiger charge is -2.04. The summed E-state index contributed by atoms with van der Waals surface area (Å²) in [5, 5.41) is 0.526. The first-order valence-electron chi connectivity index (χ1n) is 4.21. The van der Waals surface area contributed by atoms with Crippen molar-refractivity contribution >= 4 is 27.5 Å². The molecule has 0 spiro atoms. The Hall–Kier alpha value is -1.06. The maximum absolute atomic E-state index is 5.78. The van der Waals surface area contributed by atoms with E-state index in [2.05, 4.69) is 27.0 Å². The maximum atomic E-state index is 5.78. The Morgan fingerprint density at radius 1 is 1.27 bits per heavy atom. The van der Waals surface area contributed by atoms with E-state index in [0.717, 1.165) is 4.60 Å². The van der Waals surface area contributed by atoms with Crippen LogP contribution in [0.25, 0.3) is 0 Å². The van der Waals surface area contributed by atoms with Gasteiger partial charge in [0, 0.05) is 12.1 Å². The van der Waals surface area contributed by atoms with Gasteiger partial charge in [0.25, 0.3) is 0 Å². The molecular weight excluding hydrogens is 277 g/mol. The third kappa shape index (κ3) is 2.94. The van der Waals surface area contributed by atoms with Crippen LogP contribution >= 0.6 is 27.5 Å². The molecule has 0 aliphatic heterocycles. The van der Waals surface area contributed by atoms with Crippen molar-refractivity contribution in [3.63, 3.8) is 0 Å². The van der Waals surface area contributed by atoms with E-state index in [-0.39, 0.29) is 0 Å². The lowest BCUT2D eigenvalue weighted by atomic mass is 10.3. The van der Waals surface area contributed by atoms with Crippen LogP contribution in [0.4, 0.5) is 0 Å². The molecule has 0 aliphatic rings. The summed E-state index contributed by atoms with van der Waals surface area (Å²) in [5.74, 6) is 1.34. The number of pyridine rings is 1. The Kier molecular flexibility index (Phi) is 3.23. The van der Waals surface area contributed by atoms with Crippen molar-refractivity contribution < 1.29 is 4.74 Å². The Morgan fingerprint density at radius 2 is 2.13 bits per heavy atom. The van der Waals surface area contributed by atoms with Crippen molar-refractivity contribution in [1.29, 1.82) is 0 Å². The van der Waals surface area contributed by atoms with Crippen LogP contribution in [0.1, 0.15) is 0 Å². The van der Waals surface area contributed by atoms with Gasteiger partial charge in [-0.15, -0.1) is 0 Å². The summed E-state index contributed by atoms with van der Waals surface area (Å²) >= 11 is 9.03. The van der Waals surface area contributed by atoms with E-state index in [4.69, 9.17) is 16.3 Å². The number of nitrogens with zero attached hydrogens (tertiary/aromatic N) is 1. The van der Waals surface area contributed by atoms with Gasteiger partial charge in [0.1, 0.15) is 16.1 Å². The fraction of sp³-hybridized carbons (Fsp3) is 0. The molecule has 0 atom stereocenters. The van der Waals surface area contributed by atoms with Gasteiger partial charge in [-0.25, -0.2) is 4.98 Å². The number of benzene rings is 1. The predicted molar refractivity (Wildman–Crippen MR) is 62.3 cm³/mol. The third-order valence-corrected chi connectivity index (χ3v) is 2.36. The van der Waals surface area contributed by atoms with Gasteiger partial charge in [-0.2, -0.15) is 0 Å². The first kappa shape index (κ1) is 10.5. The molecule has 2 aromatic rings. The van der Waals surface area contributed by atoms with Crippen molar-refractivity contribution in [1.82, 2.24) is 4.98 Å². The van der Waals surface area contributed by atoms with Crippen LogP contribution in [0.5, 0.6) is 11.5 Å². The highest BCUT2D eigenvalue weighted by Gasteiger charge is 1.98. The Bertz CT molecular complexity index is 458. The van der Waals surface area contributed by atoms with Crippen molar-refractivity contribution in [3.8, 4) is 11.5 Å². The summed E-state index contributed by atoms with van der Waals surface area (Å²) in [6.45, 7) is 0. The van der Waals surface area contributed by atoms with Crippen LogP contribution in [0, 0.1) is 6.07 Å². The molecule has 1 aromatic heterocycles. The van der Waals surface area contributed by atoms with E-state index >= 15 is 0 Å². The van der Waals surface area contributed by atoms with Crippen LogP contribution in [0.2, 0.25) is 5.02 Å². The third-order valence-electron chi connectivity index (χ3n) is 1.67. The molecule has 15 heavy (non-hydrogen) atoms. The van der Waals surface area contributed by atoms with Crippen molar-refractivity contribution in [2.45, 2.75) is 0 Å². The zero-order chi connectivity index (χ0) is 10.7. The molecule has 4 heteroatoms. The minimum absolute atomic E-state index is 0.526. The monoisotopic (exact) mass is 282 g/mol.